The zero-order valence-corrected chi connectivity index (χ0v) is 15.0. The van der Waals surface area contributed by atoms with Crippen molar-refractivity contribution in [2.75, 3.05) is 5.32 Å². The molecule has 0 saturated heterocycles. The highest BCUT2D eigenvalue weighted by molar-refractivity contribution is 6.04. The molecule has 0 aliphatic heterocycles. The lowest BCUT2D eigenvalue weighted by Gasteiger charge is -2.31. The number of aliphatic hydroxyl groups excluding tert-OH is 1. The largest absolute Gasteiger partial charge is 0.455 e. The van der Waals surface area contributed by atoms with Crippen molar-refractivity contribution in [2.45, 2.75) is 46.6 Å². The van der Waals surface area contributed by atoms with Crippen LogP contribution in [0.5, 0.6) is 0 Å². The Balaban J connectivity index is 1.85. The van der Waals surface area contributed by atoms with E-state index in [-0.39, 0.29) is 22.9 Å². The van der Waals surface area contributed by atoms with Crippen LogP contribution in [-0.4, -0.2) is 16.8 Å². The summed E-state index contributed by atoms with van der Waals surface area (Å²) in [5, 5.41) is 13.2. The number of rotatable bonds is 3. The topological polar surface area (TPSA) is 79.5 Å². The van der Waals surface area contributed by atoms with Crippen molar-refractivity contribution in [3.63, 3.8) is 0 Å². The Morgan fingerprint density at radius 2 is 1.88 bits per heavy atom. The lowest BCUT2D eigenvalue weighted by Crippen LogP contribution is -2.24. The lowest BCUT2D eigenvalue weighted by molar-refractivity contribution is 0.0910. The third kappa shape index (κ3) is 3.37. The monoisotopic (exact) mass is 341 g/mol. The first-order chi connectivity index (χ1) is 11.7. The fraction of sp³-hybridized carbons (Fsp3) is 0.400. The number of anilines is 1. The minimum absolute atomic E-state index is 0.0240. The van der Waals surface area contributed by atoms with Gasteiger partial charge in [0.2, 0.25) is 0 Å². The summed E-state index contributed by atoms with van der Waals surface area (Å²) in [5.41, 5.74) is 2.55. The van der Waals surface area contributed by atoms with E-state index in [1.54, 1.807) is 31.2 Å². The van der Waals surface area contributed by atoms with Crippen molar-refractivity contribution < 1.29 is 19.1 Å². The first kappa shape index (κ1) is 17.4. The standard InChI is InChI=1S/C20H23NO4/c1-11-17-15(23)9-20(3,4)10-16(17)25-18(11)19(24)21-14-7-5-13(6-8-14)12(2)22/h5-8,15,23H,9-10H2,1-4H3,(H,21,24). The molecule has 5 nitrogen and oxygen atoms in total. The SMILES string of the molecule is CC(=O)c1ccc(NC(=O)c2oc3c(c2C)C(O)CC(C)(C)C3)cc1. The van der Waals surface area contributed by atoms with Gasteiger partial charge in [0, 0.05) is 28.8 Å². The molecule has 132 valence electrons. The van der Waals surface area contributed by atoms with Crippen LogP contribution in [0.15, 0.2) is 28.7 Å². The van der Waals surface area contributed by atoms with Gasteiger partial charge in [-0.05, 0) is 49.9 Å². The predicted octanol–water partition coefficient (Wildman–Crippen LogP) is 4.05. The van der Waals surface area contributed by atoms with E-state index in [4.69, 9.17) is 4.42 Å². The number of carbonyl (C=O) groups is 2. The zero-order chi connectivity index (χ0) is 18.4. The van der Waals surface area contributed by atoms with Gasteiger partial charge in [-0.1, -0.05) is 13.8 Å². The van der Waals surface area contributed by atoms with Crippen molar-refractivity contribution in [3.05, 3.63) is 52.5 Å². The predicted molar refractivity (Wildman–Crippen MR) is 94.9 cm³/mol. The molecule has 0 fully saturated rings. The molecule has 1 heterocycles. The smallest absolute Gasteiger partial charge is 0.291 e. The van der Waals surface area contributed by atoms with Gasteiger partial charge in [0.05, 0.1) is 6.10 Å². The van der Waals surface area contributed by atoms with Gasteiger partial charge in [0.1, 0.15) is 5.76 Å². The molecule has 1 aliphatic carbocycles. The Kier molecular flexibility index (Phi) is 4.29. The fourth-order valence-electron chi connectivity index (χ4n) is 3.48. The molecule has 1 unspecified atom stereocenters. The van der Waals surface area contributed by atoms with Crippen LogP contribution in [0.25, 0.3) is 0 Å². The van der Waals surface area contributed by atoms with Crippen molar-refractivity contribution in [1.29, 1.82) is 0 Å². The molecule has 0 saturated carbocycles. The number of amides is 1. The average Bonchev–Trinajstić information content (AvgIpc) is 2.83. The van der Waals surface area contributed by atoms with E-state index in [0.29, 0.717) is 35.4 Å². The molecule has 1 amide bonds. The van der Waals surface area contributed by atoms with Gasteiger partial charge < -0.3 is 14.8 Å². The highest BCUT2D eigenvalue weighted by atomic mass is 16.4. The number of Topliss-reactive ketones (excluding diaryl/α,β-unsaturated/α-hetero) is 1. The zero-order valence-electron chi connectivity index (χ0n) is 15.0. The number of furan rings is 1. The van der Waals surface area contributed by atoms with Crippen LogP contribution in [0, 0.1) is 12.3 Å². The lowest BCUT2D eigenvalue weighted by atomic mass is 9.75. The van der Waals surface area contributed by atoms with E-state index in [1.807, 2.05) is 0 Å². The number of hydrogen-bond acceptors (Lipinski definition) is 4. The normalized spacial score (nSPS) is 18.5. The molecule has 3 rings (SSSR count). The van der Waals surface area contributed by atoms with Gasteiger partial charge in [-0.3, -0.25) is 9.59 Å². The Bertz CT molecular complexity index is 830. The minimum atomic E-state index is -0.612. The summed E-state index contributed by atoms with van der Waals surface area (Å²) in [4.78, 5) is 23.9. The van der Waals surface area contributed by atoms with Gasteiger partial charge in [0.15, 0.2) is 11.5 Å². The fourth-order valence-corrected chi connectivity index (χ4v) is 3.48. The van der Waals surface area contributed by atoms with E-state index in [1.165, 1.54) is 6.92 Å². The molecular weight excluding hydrogens is 318 g/mol. The van der Waals surface area contributed by atoms with Gasteiger partial charge in [-0.2, -0.15) is 0 Å². The molecule has 0 radical (unpaired) electrons. The van der Waals surface area contributed by atoms with E-state index >= 15 is 0 Å². The van der Waals surface area contributed by atoms with Gasteiger partial charge >= 0.3 is 0 Å². The Labute approximate surface area is 147 Å². The van der Waals surface area contributed by atoms with E-state index in [9.17, 15) is 14.7 Å². The molecule has 2 N–H and O–H groups in total. The number of aliphatic hydroxyl groups is 1. The molecule has 2 aromatic rings. The Morgan fingerprint density at radius 3 is 2.48 bits per heavy atom. The van der Waals surface area contributed by atoms with Crippen LogP contribution < -0.4 is 5.32 Å². The van der Waals surface area contributed by atoms with Crippen LogP contribution >= 0.6 is 0 Å². The second kappa shape index (κ2) is 6.15. The highest BCUT2D eigenvalue weighted by Gasteiger charge is 2.37. The maximum absolute atomic E-state index is 12.6. The minimum Gasteiger partial charge on any atom is -0.455 e. The summed E-state index contributed by atoms with van der Waals surface area (Å²) >= 11 is 0. The number of nitrogens with one attached hydrogen (secondary N) is 1. The third-order valence-electron chi connectivity index (χ3n) is 4.74. The molecule has 1 aliphatic rings. The summed E-state index contributed by atoms with van der Waals surface area (Å²) in [6, 6.07) is 6.71. The van der Waals surface area contributed by atoms with E-state index in [0.717, 1.165) is 5.56 Å². The van der Waals surface area contributed by atoms with Crippen LogP contribution in [-0.2, 0) is 6.42 Å². The Hall–Kier alpha value is -2.40. The van der Waals surface area contributed by atoms with Gasteiger partial charge in [-0.15, -0.1) is 0 Å². The first-order valence-electron chi connectivity index (χ1n) is 8.40. The van der Waals surface area contributed by atoms with Crippen LogP contribution in [0.2, 0.25) is 0 Å². The van der Waals surface area contributed by atoms with Crippen molar-refractivity contribution in [2.24, 2.45) is 5.41 Å². The molecule has 5 heteroatoms. The number of fused-ring (bicyclic) bond motifs is 1. The number of hydrogen-bond donors (Lipinski definition) is 2. The molecule has 1 aromatic heterocycles. The maximum atomic E-state index is 12.6. The van der Waals surface area contributed by atoms with Gasteiger partial charge in [0.25, 0.3) is 5.91 Å². The molecule has 25 heavy (non-hydrogen) atoms. The van der Waals surface area contributed by atoms with Crippen LogP contribution in [0.1, 0.15) is 71.1 Å². The maximum Gasteiger partial charge on any atom is 0.291 e. The summed E-state index contributed by atoms with van der Waals surface area (Å²) < 4.78 is 5.81. The van der Waals surface area contributed by atoms with Gasteiger partial charge in [-0.25, -0.2) is 0 Å². The Morgan fingerprint density at radius 1 is 1.24 bits per heavy atom. The quantitative estimate of drug-likeness (QED) is 0.826. The van der Waals surface area contributed by atoms with E-state index < -0.39 is 6.10 Å². The molecule has 0 bridgehead atoms. The second-order valence-corrected chi connectivity index (χ2v) is 7.54. The first-order valence-corrected chi connectivity index (χ1v) is 8.40. The van der Waals surface area contributed by atoms with Crippen LogP contribution in [0.3, 0.4) is 0 Å². The average molecular weight is 341 g/mol. The summed E-state index contributed by atoms with van der Waals surface area (Å²) in [6.45, 7) is 7.45. The molecule has 1 aromatic carbocycles. The highest BCUT2D eigenvalue weighted by Crippen LogP contribution is 2.44. The molecule has 1 atom stereocenters. The number of ketones is 1. The summed E-state index contributed by atoms with van der Waals surface area (Å²) in [5.74, 6) is 0.548. The van der Waals surface area contributed by atoms with Crippen molar-refractivity contribution >= 4 is 17.4 Å². The number of carbonyl (C=O) groups excluding carboxylic acids is 2. The molecule has 0 spiro atoms. The second-order valence-electron chi connectivity index (χ2n) is 7.54. The van der Waals surface area contributed by atoms with Crippen molar-refractivity contribution in [1.82, 2.24) is 0 Å². The van der Waals surface area contributed by atoms with Crippen LogP contribution in [0.4, 0.5) is 5.69 Å². The number of benzene rings is 1. The summed E-state index contributed by atoms with van der Waals surface area (Å²) in [6.07, 6.45) is 0.730. The third-order valence-corrected chi connectivity index (χ3v) is 4.74. The summed E-state index contributed by atoms with van der Waals surface area (Å²) in [7, 11) is 0. The van der Waals surface area contributed by atoms with E-state index in [2.05, 4.69) is 19.2 Å². The molecular formula is C20H23NO4. The van der Waals surface area contributed by atoms with Crippen molar-refractivity contribution in [3.8, 4) is 0 Å².